The summed E-state index contributed by atoms with van der Waals surface area (Å²) in [5, 5.41) is 15.5. The Morgan fingerprint density at radius 1 is 1.00 bits per heavy atom. The minimum Gasteiger partial charge on any atom is -0.399 e. The number of anilines is 1. The molecule has 112 valence electrons. The van der Waals surface area contributed by atoms with Gasteiger partial charge in [0.05, 0.1) is 11.4 Å². The third-order valence-electron chi connectivity index (χ3n) is 3.58. The quantitative estimate of drug-likeness (QED) is 0.621. The van der Waals surface area contributed by atoms with Gasteiger partial charge in [0, 0.05) is 17.2 Å². The summed E-state index contributed by atoms with van der Waals surface area (Å²) < 4.78 is 0. The molecule has 1 aliphatic carbocycles. The van der Waals surface area contributed by atoms with E-state index in [2.05, 4.69) is 6.92 Å². The number of nitrogens with two attached hydrogens (primary N) is 1. The van der Waals surface area contributed by atoms with Crippen molar-refractivity contribution in [2.75, 3.05) is 5.73 Å². The first-order valence-electron chi connectivity index (χ1n) is 7.26. The highest BCUT2D eigenvalue weighted by molar-refractivity contribution is 6.50. The van der Waals surface area contributed by atoms with Crippen LogP contribution in [0, 0.1) is 17.7 Å². The summed E-state index contributed by atoms with van der Waals surface area (Å²) in [6, 6.07) is 15.6. The van der Waals surface area contributed by atoms with Gasteiger partial charge in [0.1, 0.15) is 0 Å². The van der Waals surface area contributed by atoms with E-state index < -0.39 is 0 Å². The zero-order valence-electron chi connectivity index (χ0n) is 12.9. The first kappa shape index (κ1) is 15.7. The molecular weight excluding hydrogens is 270 g/mol. The molecule has 0 aromatic heterocycles. The van der Waals surface area contributed by atoms with Crippen molar-refractivity contribution >= 4 is 17.1 Å². The SMILES string of the molecule is CC1C=CC(=N)C(=N)c2ccccc21.Cc1cccc(N)c1. The Morgan fingerprint density at radius 2 is 1.73 bits per heavy atom. The Bertz CT molecular complexity index is 712. The zero-order valence-corrected chi connectivity index (χ0v) is 12.9. The number of rotatable bonds is 0. The van der Waals surface area contributed by atoms with E-state index in [4.69, 9.17) is 16.6 Å². The Morgan fingerprint density at radius 3 is 2.36 bits per heavy atom. The monoisotopic (exact) mass is 291 g/mol. The van der Waals surface area contributed by atoms with Crippen molar-refractivity contribution in [2.24, 2.45) is 0 Å². The van der Waals surface area contributed by atoms with Crippen molar-refractivity contribution in [2.45, 2.75) is 19.8 Å². The maximum absolute atomic E-state index is 7.83. The summed E-state index contributed by atoms with van der Waals surface area (Å²) in [4.78, 5) is 0. The van der Waals surface area contributed by atoms with Crippen LogP contribution in [0.3, 0.4) is 0 Å². The lowest BCUT2D eigenvalue weighted by Gasteiger charge is -2.09. The minimum atomic E-state index is 0.286. The molecule has 0 amide bonds. The molecule has 1 aliphatic rings. The van der Waals surface area contributed by atoms with Crippen molar-refractivity contribution in [3.63, 3.8) is 0 Å². The molecular formula is C19H21N3. The fourth-order valence-electron chi connectivity index (χ4n) is 2.36. The second kappa shape index (κ2) is 6.85. The minimum absolute atomic E-state index is 0.286. The van der Waals surface area contributed by atoms with Crippen molar-refractivity contribution in [1.82, 2.24) is 0 Å². The predicted molar refractivity (Wildman–Crippen MR) is 94.1 cm³/mol. The van der Waals surface area contributed by atoms with Gasteiger partial charge in [-0.25, -0.2) is 0 Å². The first-order chi connectivity index (χ1) is 10.5. The van der Waals surface area contributed by atoms with Gasteiger partial charge in [0.2, 0.25) is 0 Å². The molecule has 0 aliphatic heterocycles. The van der Waals surface area contributed by atoms with E-state index in [1.807, 2.05) is 61.5 Å². The van der Waals surface area contributed by atoms with Crippen LogP contribution in [-0.2, 0) is 0 Å². The molecule has 2 aromatic rings. The van der Waals surface area contributed by atoms with Gasteiger partial charge >= 0.3 is 0 Å². The fraction of sp³-hybridized carbons (Fsp3) is 0.158. The van der Waals surface area contributed by atoms with E-state index in [-0.39, 0.29) is 5.92 Å². The summed E-state index contributed by atoms with van der Waals surface area (Å²) in [6.45, 7) is 4.11. The molecule has 1 atom stereocenters. The molecule has 0 fully saturated rings. The summed E-state index contributed by atoms with van der Waals surface area (Å²) in [7, 11) is 0. The largest absolute Gasteiger partial charge is 0.399 e. The standard InChI is InChI=1S/C12H12N2.C7H9N/c1-8-6-7-11(13)12(14)10-5-3-2-4-9(8)10;1-6-3-2-4-7(8)5-6/h2-8,13-14H,1H3;2-5H,8H2,1H3. The van der Waals surface area contributed by atoms with Crippen molar-refractivity contribution in [3.05, 3.63) is 77.4 Å². The van der Waals surface area contributed by atoms with Crippen molar-refractivity contribution in [3.8, 4) is 0 Å². The Hall–Kier alpha value is -2.68. The molecule has 0 spiro atoms. The molecule has 0 heterocycles. The lowest BCUT2D eigenvalue weighted by molar-refractivity contribution is 0.968. The second-order valence-electron chi connectivity index (χ2n) is 5.44. The van der Waals surface area contributed by atoms with Crippen molar-refractivity contribution < 1.29 is 0 Å². The van der Waals surface area contributed by atoms with Gasteiger partial charge in [0.25, 0.3) is 0 Å². The maximum Gasteiger partial charge on any atom is 0.0864 e. The third kappa shape index (κ3) is 3.70. The Kier molecular flexibility index (Phi) is 4.89. The van der Waals surface area contributed by atoms with Gasteiger partial charge in [-0.2, -0.15) is 0 Å². The average molecular weight is 291 g/mol. The van der Waals surface area contributed by atoms with Gasteiger partial charge in [-0.15, -0.1) is 0 Å². The van der Waals surface area contributed by atoms with E-state index in [9.17, 15) is 0 Å². The van der Waals surface area contributed by atoms with Crippen LogP contribution in [0.2, 0.25) is 0 Å². The third-order valence-corrected chi connectivity index (χ3v) is 3.58. The lowest BCUT2D eigenvalue weighted by Crippen LogP contribution is -2.10. The Balaban J connectivity index is 0.000000188. The number of hydrogen-bond acceptors (Lipinski definition) is 3. The molecule has 0 saturated carbocycles. The van der Waals surface area contributed by atoms with E-state index in [0.717, 1.165) is 16.8 Å². The molecule has 1 unspecified atom stereocenters. The average Bonchev–Trinajstić information content (AvgIpc) is 2.61. The van der Waals surface area contributed by atoms with Crippen LogP contribution in [0.5, 0.6) is 0 Å². The van der Waals surface area contributed by atoms with Crippen LogP contribution in [0.25, 0.3) is 0 Å². The van der Waals surface area contributed by atoms with Gasteiger partial charge in [0.15, 0.2) is 0 Å². The molecule has 3 nitrogen and oxygen atoms in total. The summed E-state index contributed by atoms with van der Waals surface area (Å²) in [5.41, 5.74) is 10.1. The summed E-state index contributed by atoms with van der Waals surface area (Å²) >= 11 is 0. The molecule has 22 heavy (non-hydrogen) atoms. The molecule has 3 rings (SSSR count). The normalized spacial score (nSPS) is 16.4. The zero-order chi connectivity index (χ0) is 16.1. The lowest BCUT2D eigenvalue weighted by atomic mass is 9.95. The van der Waals surface area contributed by atoms with E-state index in [1.54, 1.807) is 6.08 Å². The van der Waals surface area contributed by atoms with E-state index in [1.165, 1.54) is 5.56 Å². The highest BCUT2D eigenvalue weighted by atomic mass is 14.5. The van der Waals surface area contributed by atoms with Gasteiger partial charge in [-0.1, -0.05) is 49.4 Å². The predicted octanol–water partition coefficient (Wildman–Crippen LogP) is 4.32. The van der Waals surface area contributed by atoms with Crippen LogP contribution >= 0.6 is 0 Å². The number of nitrogen functional groups attached to an aromatic ring is 1. The first-order valence-corrected chi connectivity index (χ1v) is 7.26. The highest BCUT2D eigenvalue weighted by Gasteiger charge is 2.16. The number of nitrogens with one attached hydrogen (secondary N) is 2. The summed E-state index contributed by atoms with van der Waals surface area (Å²) in [6.07, 6.45) is 3.69. The Labute approximate surface area is 131 Å². The van der Waals surface area contributed by atoms with Crippen LogP contribution in [0.4, 0.5) is 5.69 Å². The number of aryl methyl sites for hydroxylation is 1. The van der Waals surface area contributed by atoms with Crippen LogP contribution in [0.15, 0.2) is 60.7 Å². The molecule has 0 radical (unpaired) electrons. The molecule has 4 N–H and O–H groups in total. The summed E-state index contributed by atoms with van der Waals surface area (Å²) in [5.74, 6) is 0.286. The molecule has 2 aromatic carbocycles. The van der Waals surface area contributed by atoms with Gasteiger partial charge in [-0.3, -0.25) is 10.8 Å². The highest BCUT2D eigenvalue weighted by Crippen LogP contribution is 2.24. The molecule has 0 saturated heterocycles. The van der Waals surface area contributed by atoms with Gasteiger partial charge < -0.3 is 5.73 Å². The molecule has 3 heteroatoms. The van der Waals surface area contributed by atoms with Crippen molar-refractivity contribution in [1.29, 1.82) is 10.8 Å². The van der Waals surface area contributed by atoms with Crippen LogP contribution < -0.4 is 5.73 Å². The van der Waals surface area contributed by atoms with Crippen LogP contribution in [-0.4, -0.2) is 11.4 Å². The fourth-order valence-corrected chi connectivity index (χ4v) is 2.36. The smallest absolute Gasteiger partial charge is 0.0864 e. The van der Waals surface area contributed by atoms with E-state index in [0.29, 0.717) is 11.4 Å². The van der Waals surface area contributed by atoms with E-state index >= 15 is 0 Å². The number of benzene rings is 2. The second-order valence-corrected chi connectivity index (χ2v) is 5.44. The topological polar surface area (TPSA) is 73.7 Å². The van der Waals surface area contributed by atoms with Gasteiger partial charge in [-0.05, 0) is 36.3 Å². The maximum atomic E-state index is 7.83. The number of hydrogen-bond donors (Lipinski definition) is 3. The number of allylic oxidation sites excluding steroid dienone is 2. The van der Waals surface area contributed by atoms with Crippen LogP contribution in [0.1, 0.15) is 29.5 Å². The molecule has 0 bridgehead atoms. The number of fused-ring (bicyclic) bond motifs is 1.